The number of aromatic nitrogens is 5. The zero-order valence-electron chi connectivity index (χ0n) is 6.97. The minimum atomic E-state index is 0.409. The highest BCUT2D eigenvalue weighted by molar-refractivity contribution is 5.35. The van der Waals surface area contributed by atoms with Crippen LogP contribution in [0.15, 0.2) is 12.4 Å². The minimum Gasteiger partial charge on any atom is -0.241 e. The predicted octanol–water partition coefficient (Wildman–Crippen LogP) is 0.643. The van der Waals surface area contributed by atoms with Crippen LogP contribution < -0.4 is 0 Å². The molecule has 0 saturated carbocycles. The number of tetrazole rings is 1. The average molecular weight is 163 g/mol. The first kappa shape index (κ1) is 7.15. The van der Waals surface area contributed by atoms with Crippen molar-refractivity contribution in [3.63, 3.8) is 0 Å². The normalized spacial score (nSPS) is 11.2. The molecule has 5 nitrogen and oxygen atoms in total. The van der Waals surface area contributed by atoms with Gasteiger partial charge in [0.15, 0.2) is 5.65 Å². The predicted molar refractivity (Wildman–Crippen MR) is 42.7 cm³/mol. The molecule has 5 heteroatoms. The highest BCUT2D eigenvalue weighted by atomic mass is 15.5. The van der Waals surface area contributed by atoms with Gasteiger partial charge < -0.3 is 0 Å². The second kappa shape index (κ2) is 2.51. The fourth-order valence-corrected chi connectivity index (χ4v) is 0.984. The van der Waals surface area contributed by atoms with Crippen LogP contribution in [0.1, 0.15) is 25.5 Å². The van der Waals surface area contributed by atoms with Crippen LogP contribution in [0.5, 0.6) is 0 Å². The van der Waals surface area contributed by atoms with Gasteiger partial charge in [0.25, 0.3) is 0 Å². The molecular formula is C7H9N5. The summed E-state index contributed by atoms with van der Waals surface area (Å²) < 4.78 is 1.55. The first-order valence-electron chi connectivity index (χ1n) is 3.81. The third kappa shape index (κ3) is 1.03. The Morgan fingerprint density at radius 1 is 1.42 bits per heavy atom. The Morgan fingerprint density at radius 3 is 3.00 bits per heavy atom. The fraction of sp³-hybridized carbons (Fsp3) is 0.429. The summed E-state index contributed by atoms with van der Waals surface area (Å²) in [6, 6.07) is 1.89. The molecule has 0 aliphatic rings. The summed E-state index contributed by atoms with van der Waals surface area (Å²) >= 11 is 0. The highest BCUT2D eigenvalue weighted by Gasteiger charge is 2.03. The first-order valence-corrected chi connectivity index (χ1v) is 3.81. The molecule has 0 unspecified atom stereocenters. The Labute approximate surface area is 69.4 Å². The van der Waals surface area contributed by atoms with Crippen LogP contribution in [-0.4, -0.2) is 25.0 Å². The van der Waals surface area contributed by atoms with Gasteiger partial charge in [0.2, 0.25) is 0 Å². The van der Waals surface area contributed by atoms with E-state index >= 15 is 0 Å². The van der Waals surface area contributed by atoms with Gasteiger partial charge in [0.05, 0.1) is 0 Å². The lowest BCUT2D eigenvalue weighted by Crippen LogP contribution is -1.96. The van der Waals surface area contributed by atoms with Crippen LogP contribution in [0.25, 0.3) is 5.65 Å². The van der Waals surface area contributed by atoms with Crippen molar-refractivity contribution >= 4 is 5.65 Å². The van der Waals surface area contributed by atoms with E-state index in [0.29, 0.717) is 5.92 Å². The Morgan fingerprint density at radius 2 is 2.25 bits per heavy atom. The maximum Gasteiger partial charge on any atom is 0.182 e. The van der Waals surface area contributed by atoms with E-state index in [4.69, 9.17) is 0 Å². The van der Waals surface area contributed by atoms with Crippen LogP contribution in [0.4, 0.5) is 0 Å². The van der Waals surface area contributed by atoms with E-state index in [-0.39, 0.29) is 0 Å². The Bertz CT molecular complexity index is 391. The standard InChI is InChI=1S/C7H9N5/c1-5(2)6-3-7-9-10-11-12(7)4-8-6/h3-5H,1-2H3. The zero-order chi connectivity index (χ0) is 8.55. The van der Waals surface area contributed by atoms with E-state index < -0.39 is 0 Å². The smallest absolute Gasteiger partial charge is 0.182 e. The van der Waals surface area contributed by atoms with Gasteiger partial charge in [-0.1, -0.05) is 13.8 Å². The Kier molecular flexibility index (Phi) is 1.49. The zero-order valence-corrected chi connectivity index (χ0v) is 6.97. The topological polar surface area (TPSA) is 56.0 Å². The quantitative estimate of drug-likeness (QED) is 0.619. The summed E-state index contributed by atoms with van der Waals surface area (Å²) in [4.78, 5) is 4.20. The summed E-state index contributed by atoms with van der Waals surface area (Å²) in [7, 11) is 0. The third-order valence-corrected chi connectivity index (χ3v) is 1.70. The van der Waals surface area contributed by atoms with E-state index in [0.717, 1.165) is 11.3 Å². The van der Waals surface area contributed by atoms with Crippen LogP contribution in [0.3, 0.4) is 0 Å². The van der Waals surface area contributed by atoms with Crippen LogP contribution >= 0.6 is 0 Å². The van der Waals surface area contributed by atoms with Gasteiger partial charge in [-0.05, 0) is 16.3 Å². The molecule has 0 fully saturated rings. The van der Waals surface area contributed by atoms with Gasteiger partial charge in [-0.3, -0.25) is 0 Å². The van der Waals surface area contributed by atoms with Gasteiger partial charge >= 0.3 is 0 Å². The molecule has 0 atom stereocenters. The average Bonchev–Trinajstić information content (AvgIpc) is 2.49. The second-order valence-electron chi connectivity index (χ2n) is 2.95. The molecule has 0 N–H and O–H groups in total. The summed E-state index contributed by atoms with van der Waals surface area (Å²) in [6.07, 6.45) is 1.63. The van der Waals surface area contributed by atoms with Crippen molar-refractivity contribution in [2.75, 3.05) is 0 Å². The molecule has 62 valence electrons. The molecule has 0 aliphatic carbocycles. The lowest BCUT2D eigenvalue weighted by atomic mass is 10.1. The fourth-order valence-electron chi connectivity index (χ4n) is 0.984. The van der Waals surface area contributed by atoms with Crippen molar-refractivity contribution in [3.05, 3.63) is 18.1 Å². The molecule has 0 aromatic carbocycles. The van der Waals surface area contributed by atoms with Crippen molar-refractivity contribution < 1.29 is 0 Å². The molecule has 12 heavy (non-hydrogen) atoms. The van der Waals surface area contributed by atoms with Crippen molar-refractivity contribution in [1.29, 1.82) is 0 Å². The van der Waals surface area contributed by atoms with E-state index in [1.54, 1.807) is 10.8 Å². The number of rotatable bonds is 1. The summed E-state index contributed by atoms with van der Waals surface area (Å²) in [5, 5.41) is 11.1. The van der Waals surface area contributed by atoms with E-state index in [9.17, 15) is 0 Å². The number of hydrogen-bond acceptors (Lipinski definition) is 4. The Hall–Kier alpha value is -1.52. The van der Waals surface area contributed by atoms with Gasteiger partial charge in [-0.15, -0.1) is 5.10 Å². The first-order chi connectivity index (χ1) is 5.77. The molecule has 0 aliphatic heterocycles. The monoisotopic (exact) mass is 163 g/mol. The highest BCUT2D eigenvalue weighted by Crippen LogP contribution is 2.10. The molecule has 0 saturated heterocycles. The lowest BCUT2D eigenvalue weighted by Gasteiger charge is -2.01. The summed E-state index contributed by atoms with van der Waals surface area (Å²) in [6.45, 7) is 4.17. The molecule has 0 bridgehead atoms. The van der Waals surface area contributed by atoms with Crippen molar-refractivity contribution in [3.8, 4) is 0 Å². The van der Waals surface area contributed by atoms with Gasteiger partial charge in [0.1, 0.15) is 6.33 Å². The van der Waals surface area contributed by atoms with E-state index in [2.05, 4.69) is 34.4 Å². The number of nitrogens with zero attached hydrogens (tertiary/aromatic N) is 5. The van der Waals surface area contributed by atoms with Crippen LogP contribution in [0, 0.1) is 0 Å². The molecular weight excluding hydrogens is 154 g/mol. The molecule has 0 radical (unpaired) electrons. The molecule has 2 heterocycles. The number of fused-ring (bicyclic) bond motifs is 1. The molecule has 0 spiro atoms. The second-order valence-corrected chi connectivity index (χ2v) is 2.95. The van der Waals surface area contributed by atoms with E-state index in [1.165, 1.54) is 0 Å². The molecule has 2 aromatic rings. The minimum absolute atomic E-state index is 0.409. The summed E-state index contributed by atoms with van der Waals surface area (Å²) in [5.41, 5.74) is 1.76. The third-order valence-electron chi connectivity index (χ3n) is 1.70. The Balaban J connectivity index is 2.60. The van der Waals surface area contributed by atoms with Crippen molar-refractivity contribution in [2.24, 2.45) is 0 Å². The van der Waals surface area contributed by atoms with Gasteiger partial charge in [-0.25, -0.2) is 4.98 Å². The maximum atomic E-state index is 4.20. The molecule has 0 amide bonds. The maximum absolute atomic E-state index is 4.20. The lowest BCUT2D eigenvalue weighted by molar-refractivity contribution is 0.775. The van der Waals surface area contributed by atoms with Gasteiger partial charge in [0, 0.05) is 11.8 Å². The van der Waals surface area contributed by atoms with Crippen LogP contribution in [-0.2, 0) is 0 Å². The van der Waals surface area contributed by atoms with Crippen molar-refractivity contribution in [2.45, 2.75) is 19.8 Å². The molecule has 2 aromatic heterocycles. The van der Waals surface area contributed by atoms with E-state index in [1.807, 2.05) is 6.07 Å². The summed E-state index contributed by atoms with van der Waals surface area (Å²) in [5.74, 6) is 0.409. The largest absolute Gasteiger partial charge is 0.241 e. The van der Waals surface area contributed by atoms with Gasteiger partial charge in [-0.2, -0.15) is 4.52 Å². The van der Waals surface area contributed by atoms with Crippen molar-refractivity contribution in [1.82, 2.24) is 25.0 Å². The van der Waals surface area contributed by atoms with Crippen LogP contribution in [0.2, 0.25) is 0 Å². The number of hydrogen-bond donors (Lipinski definition) is 0. The molecule has 2 rings (SSSR count). The SMILES string of the molecule is CC(C)c1cc2nnnn2cn1.